The fourth-order valence-corrected chi connectivity index (χ4v) is 4.43. The number of aromatic carboxylic acids is 1. The molecule has 0 radical (unpaired) electrons. The van der Waals surface area contributed by atoms with Gasteiger partial charge in [-0.3, -0.25) is 9.78 Å². The van der Waals surface area contributed by atoms with Gasteiger partial charge in [-0.1, -0.05) is 36.4 Å². The Hall–Kier alpha value is -3.47. The SMILES string of the molecule is O=C(O)c1ccc(CN2C(=O)[C@]3(C[C@@H]3c3cccnc3)c3ccccc32)cc1. The van der Waals surface area contributed by atoms with Gasteiger partial charge in [-0.15, -0.1) is 0 Å². The summed E-state index contributed by atoms with van der Waals surface area (Å²) in [5, 5.41) is 9.08. The number of carboxylic acid groups (broad SMARTS) is 1. The minimum atomic E-state index is -0.953. The summed E-state index contributed by atoms with van der Waals surface area (Å²) in [5.74, 6) is -0.690. The Bertz CT molecular complexity index is 1080. The molecule has 5 rings (SSSR count). The first kappa shape index (κ1) is 16.7. The van der Waals surface area contributed by atoms with E-state index >= 15 is 0 Å². The second kappa shape index (κ2) is 6.02. The first-order chi connectivity index (χ1) is 13.6. The van der Waals surface area contributed by atoms with Gasteiger partial charge in [0, 0.05) is 24.0 Å². The van der Waals surface area contributed by atoms with E-state index in [9.17, 15) is 9.59 Å². The number of hydrogen-bond acceptors (Lipinski definition) is 3. The van der Waals surface area contributed by atoms with Crippen LogP contribution in [0, 0.1) is 0 Å². The van der Waals surface area contributed by atoms with Crippen molar-refractivity contribution in [1.29, 1.82) is 0 Å². The number of carbonyl (C=O) groups excluding carboxylic acids is 1. The predicted molar refractivity (Wildman–Crippen MR) is 104 cm³/mol. The zero-order chi connectivity index (χ0) is 19.3. The maximum Gasteiger partial charge on any atom is 0.335 e. The number of carboxylic acids is 1. The van der Waals surface area contributed by atoms with Crippen LogP contribution in [-0.4, -0.2) is 22.0 Å². The normalized spacial score (nSPS) is 22.4. The molecule has 5 nitrogen and oxygen atoms in total. The summed E-state index contributed by atoms with van der Waals surface area (Å²) in [6.45, 7) is 0.428. The van der Waals surface area contributed by atoms with E-state index in [0.717, 1.165) is 28.8 Å². The summed E-state index contributed by atoms with van der Waals surface area (Å²) in [6, 6.07) is 18.6. The molecule has 0 bridgehead atoms. The van der Waals surface area contributed by atoms with Gasteiger partial charge in [0.1, 0.15) is 0 Å². The number of pyridine rings is 1. The average molecular weight is 370 g/mol. The highest BCUT2D eigenvalue weighted by Gasteiger charge is 2.67. The van der Waals surface area contributed by atoms with Crippen molar-refractivity contribution in [3.05, 3.63) is 95.3 Å². The van der Waals surface area contributed by atoms with Crippen molar-refractivity contribution < 1.29 is 14.7 Å². The maximum absolute atomic E-state index is 13.5. The lowest BCUT2D eigenvalue weighted by molar-refractivity contribution is -0.120. The van der Waals surface area contributed by atoms with Crippen LogP contribution < -0.4 is 4.90 Å². The van der Waals surface area contributed by atoms with Crippen molar-refractivity contribution >= 4 is 17.6 Å². The highest BCUT2D eigenvalue weighted by molar-refractivity contribution is 6.11. The van der Waals surface area contributed by atoms with Crippen LogP contribution in [-0.2, 0) is 16.8 Å². The molecular formula is C23H18N2O3. The molecule has 1 aromatic heterocycles. The van der Waals surface area contributed by atoms with E-state index in [1.807, 2.05) is 41.4 Å². The van der Waals surface area contributed by atoms with Gasteiger partial charge < -0.3 is 10.0 Å². The molecule has 1 amide bonds. The van der Waals surface area contributed by atoms with Gasteiger partial charge in [0.05, 0.1) is 17.5 Å². The second-order valence-electron chi connectivity index (χ2n) is 7.42. The molecule has 1 fully saturated rings. The van der Waals surface area contributed by atoms with Gasteiger partial charge in [0.2, 0.25) is 5.91 Å². The van der Waals surface area contributed by atoms with Gasteiger partial charge in [0.15, 0.2) is 0 Å². The van der Waals surface area contributed by atoms with Gasteiger partial charge in [0.25, 0.3) is 0 Å². The third-order valence-electron chi connectivity index (χ3n) is 5.89. The van der Waals surface area contributed by atoms with Gasteiger partial charge in [-0.05, 0) is 47.4 Å². The van der Waals surface area contributed by atoms with E-state index in [4.69, 9.17) is 5.11 Å². The molecule has 1 N–H and O–H groups in total. The molecule has 1 spiro atoms. The number of carbonyl (C=O) groups is 2. The zero-order valence-corrected chi connectivity index (χ0v) is 15.1. The van der Waals surface area contributed by atoms with Crippen LogP contribution in [0.25, 0.3) is 0 Å². The molecular weight excluding hydrogens is 352 g/mol. The Labute approximate surface area is 162 Å². The molecule has 5 heteroatoms. The lowest BCUT2D eigenvalue weighted by atomic mass is 9.92. The van der Waals surface area contributed by atoms with E-state index < -0.39 is 11.4 Å². The number of amides is 1. The van der Waals surface area contributed by atoms with Crippen molar-refractivity contribution in [2.45, 2.75) is 24.3 Å². The van der Waals surface area contributed by atoms with Crippen LogP contribution >= 0.6 is 0 Å². The number of rotatable bonds is 4. The predicted octanol–water partition coefficient (Wildman–Crippen LogP) is 3.75. The third kappa shape index (κ3) is 2.36. The second-order valence-corrected chi connectivity index (χ2v) is 7.42. The molecule has 1 aliphatic heterocycles. The monoisotopic (exact) mass is 370 g/mol. The maximum atomic E-state index is 13.5. The fraction of sp³-hybridized carbons (Fsp3) is 0.174. The average Bonchev–Trinajstić information content (AvgIpc) is 3.44. The Morgan fingerprint density at radius 2 is 1.89 bits per heavy atom. The fourth-order valence-electron chi connectivity index (χ4n) is 4.43. The van der Waals surface area contributed by atoms with Crippen LogP contribution in [0.2, 0.25) is 0 Å². The summed E-state index contributed by atoms with van der Waals surface area (Å²) >= 11 is 0. The molecule has 28 heavy (non-hydrogen) atoms. The van der Waals surface area contributed by atoms with Crippen molar-refractivity contribution in [3.63, 3.8) is 0 Å². The molecule has 138 valence electrons. The molecule has 2 aliphatic rings. The number of fused-ring (bicyclic) bond motifs is 2. The number of aromatic nitrogens is 1. The summed E-state index contributed by atoms with van der Waals surface area (Å²) in [6.07, 6.45) is 4.39. The molecule has 3 aromatic rings. The van der Waals surface area contributed by atoms with Gasteiger partial charge in [-0.2, -0.15) is 0 Å². The minimum absolute atomic E-state index is 0.116. The van der Waals surface area contributed by atoms with Crippen molar-refractivity contribution in [1.82, 2.24) is 4.98 Å². The van der Waals surface area contributed by atoms with Gasteiger partial charge in [-0.25, -0.2) is 4.79 Å². The highest BCUT2D eigenvalue weighted by Crippen LogP contribution is 2.66. The molecule has 0 unspecified atom stereocenters. The summed E-state index contributed by atoms with van der Waals surface area (Å²) in [4.78, 5) is 30.6. The lowest BCUT2D eigenvalue weighted by Gasteiger charge is -2.18. The van der Waals surface area contributed by atoms with E-state index in [0.29, 0.717) is 6.54 Å². The number of para-hydroxylation sites is 1. The molecule has 0 saturated heterocycles. The summed E-state index contributed by atoms with van der Waals surface area (Å²) < 4.78 is 0. The molecule has 1 aliphatic carbocycles. The molecule has 2 atom stereocenters. The Morgan fingerprint density at radius 1 is 1.11 bits per heavy atom. The Balaban J connectivity index is 1.49. The van der Waals surface area contributed by atoms with E-state index in [1.54, 1.807) is 30.5 Å². The van der Waals surface area contributed by atoms with Crippen molar-refractivity contribution in [2.24, 2.45) is 0 Å². The quantitative estimate of drug-likeness (QED) is 0.759. The highest BCUT2D eigenvalue weighted by atomic mass is 16.4. The largest absolute Gasteiger partial charge is 0.478 e. The van der Waals surface area contributed by atoms with E-state index in [-0.39, 0.29) is 17.4 Å². The zero-order valence-electron chi connectivity index (χ0n) is 15.1. The first-order valence-corrected chi connectivity index (χ1v) is 9.25. The number of hydrogen-bond donors (Lipinski definition) is 1. The Morgan fingerprint density at radius 3 is 2.61 bits per heavy atom. The lowest BCUT2D eigenvalue weighted by Crippen LogP contribution is -2.32. The van der Waals surface area contributed by atoms with Gasteiger partial charge >= 0.3 is 5.97 Å². The van der Waals surface area contributed by atoms with E-state index in [2.05, 4.69) is 11.1 Å². The topological polar surface area (TPSA) is 70.5 Å². The van der Waals surface area contributed by atoms with E-state index in [1.165, 1.54) is 0 Å². The van der Waals surface area contributed by atoms with Crippen molar-refractivity contribution in [3.8, 4) is 0 Å². The standard InChI is InChI=1S/C23H18N2O3/c26-21(27)16-9-7-15(8-10-16)14-25-20-6-2-1-5-18(20)23(22(25)28)12-19(23)17-4-3-11-24-13-17/h1-11,13,19H,12,14H2,(H,26,27)/t19-,23-/m1/s1. The number of anilines is 1. The first-order valence-electron chi connectivity index (χ1n) is 9.25. The van der Waals surface area contributed by atoms with Crippen LogP contribution in [0.5, 0.6) is 0 Å². The summed E-state index contributed by atoms with van der Waals surface area (Å²) in [5.41, 5.74) is 3.77. The number of benzene rings is 2. The molecule has 1 saturated carbocycles. The molecule has 2 aromatic carbocycles. The van der Waals surface area contributed by atoms with Crippen LogP contribution in [0.4, 0.5) is 5.69 Å². The van der Waals surface area contributed by atoms with Crippen LogP contribution in [0.3, 0.4) is 0 Å². The van der Waals surface area contributed by atoms with Crippen LogP contribution in [0.1, 0.15) is 39.4 Å². The smallest absolute Gasteiger partial charge is 0.335 e. The van der Waals surface area contributed by atoms with Crippen molar-refractivity contribution in [2.75, 3.05) is 4.90 Å². The summed E-state index contributed by atoms with van der Waals surface area (Å²) in [7, 11) is 0. The number of nitrogens with zero attached hydrogens (tertiary/aromatic N) is 2. The third-order valence-corrected chi connectivity index (χ3v) is 5.89. The minimum Gasteiger partial charge on any atom is -0.478 e. The molecule has 2 heterocycles. The van der Waals surface area contributed by atoms with Crippen LogP contribution in [0.15, 0.2) is 73.1 Å². The Kier molecular flexibility index (Phi) is 3.59.